The van der Waals surface area contributed by atoms with E-state index >= 15 is 0 Å². The third-order valence-corrected chi connectivity index (χ3v) is 2.54. The molecule has 1 N–H and O–H groups in total. The quantitative estimate of drug-likeness (QED) is 0.885. The van der Waals surface area contributed by atoms with E-state index in [0.717, 1.165) is 11.6 Å². The van der Waals surface area contributed by atoms with E-state index in [1.807, 2.05) is 19.1 Å². The molecule has 0 saturated carbocycles. The predicted octanol–water partition coefficient (Wildman–Crippen LogP) is 3.85. The molecule has 2 nitrogen and oxygen atoms in total. The fourth-order valence-corrected chi connectivity index (χ4v) is 1.53. The van der Waals surface area contributed by atoms with Crippen molar-refractivity contribution in [1.29, 1.82) is 0 Å². The minimum Gasteiger partial charge on any atom is -0.458 e. The highest BCUT2D eigenvalue weighted by Crippen LogP contribution is 2.35. The van der Waals surface area contributed by atoms with Crippen LogP contribution in [0.1, 0.15) is 17.4 Å². The number of halogens is 3. The topological polar surface area (TPSA) is 33.4 Å². The second-order valence-electron chi connectivity index (χ2n) is 4.01. The van der Waals surface area contributed by atoms with Gasteiger partial charge in [0.15, 0.2) is 0 Å². The molecule has 96 valence electrons. The summed E-state index contributed by atoms with van der Waals surface area (Å²) in [6.45, 7) is 1.91. The van der Waals surface area contributed by atoms with Gasteiger partial charge in [-0.15, -0.1) is 0 Å². The van der Waals surface area contributed by atoms with E-state index in [0.29, 0.717) is 11.3 Å². The molecule has 0 aliphatic carbocycles. The van der Waals surface area contributed by atoms with Crippen LogP contribution in [0.3, 0.4) is 0 Å². The van der Waals surface area contributed by atoms with Gasteiger partial charge in [0.2, 0.25) is 6.10 Å². The fourth-order valence-electron chi connectivity index (χ4n) is 1.53. The average Bonchev–Trinajstić information content (AvgIpc) is 2.77. The number of hydrogen-bond acceptors (Lipinski definition) is 2. The smallest absolute Gasteiger partial charge is 0.421 e. The Balaban J connectivity index is 2.28. The van der Waals surface area contributed by atoms with Crippen LogP contribution < -0.4 is 0 Å². The van der Waals surface area contributed by atoms with E-state index in [2.05, 4.69) is 0 Å². The summed E-state index contributed by atoms with van der Waals surface area (Å²) in [5.74, 6) is -0.202. The van der Waals surface area contributed by atoms with E-state index < -0.39 is 18.0 Å². The number of furan rings is 1. The summed E-state index contributed by atoms with van der Waals surface area (Å²) in [5, 5.41) is 9.04. The minimum atomic E-state index is -4.72. The number of aryl methyl sites for hydroxylation is 1. The molecule has 1 aromatic carbocycles. The van der Waals surface area contributed by atoms with E-state index in [4.69, 9.17) is 9.52 Å². The van der Waals surface area contributed by atoms with Crippen LogP contribution in [0.25, 0.3) is 11.3 Å². The molecular formula is C13H11F3O2. The lowest BCUT2D eigenvalue weighted by molar-refractivity contribution is -0.211. The molecule has 1 unspecified atom stereocenters. The minimum absolute atomic E-state index is 0.299. The van der Waals surface area contributed by atoms with Crippen LogP contribution in [-0.2, 0) is 0 Å². The Morgan fingerprint density at radius 2 is 1.67 bits per heavy atom. The highest BCUT2D eigenvalue weighted by molar-refractivity contribution is 5.57. The Morgan fingerprint density at radius 3 is 2.22 bits per heavy atom. The summed E-state index contributed by atoms with van der Waals surface area (Å²) in [5.41, 5.74) is 1.71. The first-order valence-electron chi connectivity index (χ1n) is 5.29. The molecule has 0 bridgehead atoms. The molecule has 0 spiro atoms. The molecule has 0 amide bonds. The van der Waals surface area contributed by atoms with Gasteiger partial charge in [0.25, 0.3) is 0 Å². The van der Waals surface area contributed by atoms with Crippen LogP contribution in [-0.4, -0.2) is 11.3 Å². The highest BCUT2D eigenvalue weighted by Gasteiger charge is 2.41. The molecule has 2 rings (SSSR count). The summed E-state index contributed by atoms with van der Waals surface area (Å²) >= 11 is 0. The summed E-state index contributed by atoms with van der Waals surface area (Å²) in [7, 11) is 0. The first kappa shape index (κ1) is 12.7. The second kappa shape index (κ2) is 4.49. The first-order valence-corrected chi connectivity index (χ1v) is 5.29. The van der Waals surface area contributed by atoms with E-state index in [-0.39, 0.29) is 0 Å². The van der Waals surface area contributed by atoms with Crippen molar-refractivity contribution in [2.45, 2.75) is 19.2 Å². The Hall–Kier alpha value is -1.75. The van der Waals surface area contributed by atoms with Crippen molar-refractivity contribution in [3.8, 4) is 11.3 Å². The van der Waals surface area contributed by atoms with Gasteiger partial charge in [-0.2, -0.15) is 13.2 Å². The largest absolute Gasteiger partial charge is 0.458 e. The van der Waals surface area contributed by atoms with Crippen molar-refractivity contribution in [3.05, 3.63) is 47.7 Å². The number of aliphatic hydroxyl groups excluding tert-OH is 1. The Morgan fingerprint density at radius 1 is 1.06 bits per heavy atom. The van der Waals surface area contributed by atoms with Crippen molar-refractivity contribution in [3.63, 3.8) is 0 Å². The monoisotopic (exact) mass is 256 g/mol. The molecule has 5 heteroatoms. The summed E-state index contributed by atoms with van der Waals surface area (Å²) in [4.78, 5) is 0. The summed E-state index contributed by atoms with van der Waals surface area (Å²) in [6, 6.07) is 9.70. The fraction of sp³-hybridized carbons (Fsp3) is 0.231. The second-order valence-corrected chi connectivity index (χ2v) is 4.01. The summed E-state index contributed by atoms with van der Waals surface area (Å²) in [6.07, 6.45) is -7.31. The maximum atomic E-state index is 12.3. The molecule has 1 aromatic heterocycles. The lowest BCUT2D eigenvalue weighted by Gasteiger charge is -2.11. The van der Waals surface area contributed by atoms with Crippen molar-refractivity contribution in [2.75, 3.05) is 0 Å². The van der Waals surface area contributed by atoms with Crippen molar-refractivity contribution in [2.24, 2.45) is 0 Å². The lowest BCUT2D eigenvalue weighted by Crippen LogP contribution is -2.19. The van der Waals surface area contributed by atoms with Gasteiger partial charge in [0, 0.05) is 5.56 Å². The molecule has 1 heterocycles. The molecule has 2 aromatic rings. The Labute approximate surface area is 102 Å². The number of hydrogen-bond donors (Lipinski definition) is 1. The van der Waals surface area contributed by atoms with Crippen LogP contribution in [0.15, 0.2) is 40.8 Å². The SMILES string of the molecule is Cc1ccc(-c2ccc(C(O)C(F)(F)F)o2)cc1. The molecule has 18 heavy (non-hydrogen) atoms. The maximum absolute atomic E-state index is 12.3. The number of rotatable bonds is 2. The Kier molecular flexibility index (Phi) is 3.17. The number of aliphatic hydroxyl groups is 1. The van der Waals surface area contributed by atoms with Crippen LogP contribution >= 0.6 is 0 Å². The van der Waals surface area contributed by atoms with Crippen LogP contribution in [0.2, 0.25) is 0 Å². The van der Waals surface area contributed by atoms with E-state index in [1.54, 1.807) is 12.1 Å². The lowest BCUT2D eigenvalue weighted by atomic mass is 10.1. The maximum Gasteiger partial charge on any atom is 0.421 e. The van der Waals surface area contributed by atoms with Crippen LogP contribution in [0.5, 0.6) is 0 Å². The van der Waals surface area contributed by atoms with Crippen molar-refractivity contribution < 1.29 is 22.7 Å². The molecule has 0 radical (unpaired) electrons. The molecule has 0 saturated heterocycles. The van der Waals surface area contributed by atoms with Crippen molar-refractivity contribution in [1.82, 2.24) is 0 Å². The number of benzene rings is 1. The normalized spacial score (nSPS) is 13.6. The zero-order valence-corrected chi connectivity index (χ0v) is 9.53. The van der Waals surface area contributed by atoms with Crippen molar-refractivity contribution >= 4 is 0 Å². The van der Waals surface area contributed by atoms with Crippen LogP contribution in [0.4, 0.5) is 13.2 Å². The van der Waals surface area contributed by atoms with Gasteiger partial charge >= 0.3 is 6.18 Å². The van der Waals surface area contributed by atoms with E-state index in [9.17, 15) is 13.2 Å². The standard InChI is InChI=1S/C13H11F3O2/c1-8-2-4-9(5-3-8)10-6-7-11(18-10)12(17)13(14,15)16/h2-7,12,17H,1H3. The third-order valence-electron chi connectivity index (χ3n) is 2.54. The van der Waals surface area contributed by atoms with Gasteiger partial charge in [0.05, 0.1) is 0 Å². The average molecular weight is 256 g/mol. The van der Waals surface area contributed by atoms with Gasteiger partial charge in [-0.1, -0.05) is 29.8 Å². The first-order chi connectivity index (χ1) is 8.38. The van der Waals surface area contributed by atoms with E-state index in [1.165, 1.54) is 6.07 Å². The Bertz CT molecular complexity index is 526. The predicted molar refractivity (Wildman–Crippen MR) is 59.9 cm³/mol. The molecule has 1 atom stereocenters. The molecule has 0 aliphatic rings. The van der Waals surface area contributed by atoms with Gasteiger partial charge in [-0.05, 0) is 19.1 Å². The van der Waals surface area contributed by atoms with Crippen LogP contribution in [0, 0.1) is 6.92 Å². The molecule has 0 aliphatic heterocycles. The van der Waals surface area contributed by atoms with Gasteiger partial charge in [0.1, 0.15) is 11.5 Å². The van der Waals surface area contributed by atoms with Gasteiger partial charge < -0.3 is 9.52 Å². The molecule has 0 fully saturated rings. The zero-order valence-electron chi connectivity index (χ0n) is 9.53. The third kappa shape index (κ3) is 2.56. The number of alkyl halides is 3. The molecular weight excluding hydrogens is 245 g/mol. The highest BCUT2D eigenvalue weighted by atomic mass is 19.4. The van der Waals surface area contributed by atoms with Gasteiger partial charge in [-0.3, -0.25) is 0 Å². The van der Waals surface area contributed by atoms with Gasteiger partial charge in [-0.25, -0.2) is 0 Å². The summed E-state index contributed by atoms with van der Waals surface area (Å²) < 4.78 is 41.9. The zero-order chi connectivity index (χ0) is 13.3.